The molecule has 2 atom stereocenters. The van der Waals surface area contributed by atoms with Crippen LogP contribution in [0.1, 0.15) is 33.6 Å². The van der Waals surface area contributed by atoms with Crippen molar-refractivity contribution in [3.05, 3.63) is 0 Å². The summed E-state index contributed by atoms with van der Waals surface area (Å²) in [5.41, 5.74) is -0.673. The van der Waals surface area contributed by atoms with E-state index in [0.29, 0.717) is 13.0 Å². The molecular weight excluding hydrogens is 246 g/mol. The molecule has 0 bridgehead atoms. The summed E-state index contributed by atoms with van der Waals surface area (Å²) in [6, 6.07) is 0. The summed E-state index contributed by atoms with van der Waals surface area (Å²) in [5.74, 6) is -0.281. The molecule has 104 valence electrons. The summed E-state index contributed by atoms with van der Waals surface area (Å²) in [6.45, 7) is 0.373. The molecule has 1 saturated carbocycles. The molecule has 7 heteroatoms. The minimum atomic E-state index is -4.89. The van der Waals surface area contributed by atoms with Gasteiger partial charge < -0.3 is 22.6 Å². The van der Waals surface area contributed by atoms with Gasteiger partial charge in [0.25, 0.3) is 0 Å². The molecule has 0 aromatic rings. The fourth-order valence-electron chi connectivity index (χ4n) is 2.72. The van der Waals surface area contributed by atoms with Crippen LogP contribution in [0.3, 0.4) is 0 Å². The highest BCUT2D eigenvalue weighted by atomic mass is 19.4. The van der Waals surface area contributed by atoms with Gasteiger partial charge in [-0.2, -0.15) is 0 Å². The third-order valence-corrected chi connectivity index (χ3v) is 3.82. The van der Waals surface area contributed by atoms with Crippen molar-refractivity contribution in [2.45, 2.75) is 44.5 Å². The van der Waals surface area contributed by atoms with Crippen molar-refractivity contribution in [3.8, 4) is 0 Å². The van der Waals surface area contributed by atoms with Gasteiger partial charge in [0.1, 0.15) is 5.60 Å². The average Bonchev–Trinajstić information content (AvgIpc) is 2.87. The topological polar surface area (TPSA) is 29.5 Å². The highest BCUT2D eigenvalue weighted by Crippen LogP contribution is 2.70. The number of halogens is 3. The van der Waals surface area contributed by atoms with Crippen LogP contribution in [-0.2, 0) is 4.74 Å². The Kier molecular flexibility index (Phi) is 2.87. The predicted molar refractivity (Wildman–Crippen MR) is 62.3 cm³/mol. The fraction of sp³-hybridized carbons (Fsp3) is 0.909. The number of ether oxygens (including phenoxy) is 1. The Hall–Kier alpha value is -0.875. The van der Waals surface area contributed by atoms with E-state index in [1.54, 1.807) is 20.8 Å². The zero-order chi connectivity index (χ0) is 13.8. The Morgan fingerprint density at radius 2 is 2.00 bits per heavy atom. The lowest BCUT2D eigenvalue weighted by atomic mass is 9.65. The summed E-state index contributed by atoms with van der Waals surface area (Å²) < 4.78 is 44.2. The van der Waals surface area contributed by atoms with Gasteiger partial charge in [-0.15, -0.1) is 0 Å². The van der Waals surface area contributed by atoms with Gasteiger partial charge in [0.15, 0.2) is 0 Å². The van der Waals surface area contributed by atoms with Crippen LogP contribution in [0.5, 0.6) is 0 Å². The molecule has 0 aromatic carbocycles. The lowest BCUT2D eigenvalue weighted by Gasteiger charge is -2.38. The summed E-state index contributed by atoms with van der Waals surface area (Å²) in [6.07, 6.45) is -0.0247. The third kappa shape index (κ3) is 2.31. The Bertz CT molecular complexity index is 366. The number of carbonyl (C=O) groups excluding carboxylic acids is 1. The molecule has 0 radical (unpaired) electrons. The molecule has 0 aromatic heterocycles. The molecule has 1 heterocycles. The van der Waals surface area contributed by atoms with Crippen molar-refractivity contribution in [3.63, 3.8) is 0 Å². The van der Waals surface area contributed by atoms with E-state index < -0.39 is 24.0 Å². The minimum Gasteiger partial charge on any atom is -0.448 e. The van der Waals surface area contributed by atoms with Crippen molar-refractivity contribution < 1.29 is 22.5 Å². The zero-order valence-electron chi connectivity index (χ0n) is 10.9. The molecule has 0 spiro atoms. The number of fused-ring (bicyclic) bond motifs is 1. The number of rotatable bonds is 1. The average molecular weight is 264 g/mol. The second-order valence-corrected chi connectivity index (χ2v) is 6.40. The Morgan fingerprint density at radius 3 is 2.50 bits per heavy atom. The van der Waals surface area contributed by atoms with Gasteiger partial charge in [-0.25, -0.2) is 4.79 Å². The van der Waals surface area contributed by atoms with Gasteiger partial charge >= 0.3 is 13.1 Å². The van der Waals surface area contributed by atoms with Crippen LogP contribution in [0.4, 0.5) is 17.7 Å². The van der Waals surface area contributed by atoms with Gasteiger partial charge in [0.2, 0.25) is 0 Å². The second-order valence-electron chi connectivity index (χ2n) is 6.40. The van der Waals surface area contributed by atoms with Crippen LogP contribution in [0.25, 0.3) is 0 Å². The van der Waals surface area contributed by atoms with E-state index in [1.807, 2.05) is 0 Å². The maximum Gasteiger partial charge on any atom is 0.486 e. The molecule has 1 saturated heterocycles. The van der Waals surface area contributed by atoms with Crippen LogP contribution in [-0.4, -0.2) is 36.7 Å². The summed E-state index contributed by atoms with van der Waals surface area (Å²) in [5, 5.41) is -1.60. The van der Waals surface area contributed by atoms with Gasteiger partial charge in [0, 0.05) is 13.1 Å². The number of amides is 1. The second kappa shape index (κ2) is 3.81. The first-order valence-corrected chi connectivity index (χ1v) is 6.22. The van der Waals surface area contributed by atoms with Crippen LogP contribution in [0, 0.1) is 5.92 Å². The predicted octanol–water partition coefficient (Wildman–Crippen LogP) is 3.23. The minimum absolute atomic E-state index is 0.176. The normalized spacial score (nSPS) is 31.9. The molecule has 1 amide bonds. The highest BCUT2D eigenvalue weighted by molar-refractivity contribution is 6.63. The third-order valence-electron chi connectivity index (χ3n) is 3.82. The van der Waals surface area contributed by atoms with Crippen molar-refractivity contribution >= 4 is 13.1 Å². The van der Waals surface area contributed by atoms with Crippen molar-refractivity contribution in [2.75, 3.05) is 13.1 Å². The van der Waals surface area contributed by atoms with E-state index in [-0.39, 0.29) is 18.9 Å². The quantitative estimate of drug-likeness (QED) is 0.680. The maximum atomic E-state index is 13.0. The van der Waals surface area contributed by atoms with Gasteiger partial charge in [-0.1, -0.05) is 12.3 Å². The van der Waals surface area contributed by atoms with Crippen molar-refractivity contribution in [2.24, 2.45) is 5.92 Å². The number of hydrogen-bond acceptors (Lipinski definition) is 2. The molecule has 2 aliphatic rings. The molecule has 1 aliphatic heterocycles. The van der Waals surface area contributed by atoms with Gasteiger partial charge in [-0.3, -0.25) is 0 Å². The van der Waals surface area contributed by atoms with E-state index in [4.69, 9.17) is 4.74 Å². The van der Waals surface area contributed by atoms with E-state index in [9.17, 15) is 17.7 Å². The number of nitrogens with zero attached hydrogens (tertiary/aromatic N) is 1. The van der Waals surface area contributed by atoms with Crippen LogP contribution in [0.15, 0.2) is 0 Å². The van der Waals surface area contributed by atoms with Gasteiger partial charge in [0.05, 0.1) is 0 Å². The lowest BCUT2D eigenvalue weighted by Crippen LogP contribution is -2.46. The molecule has 3 nitrogen and oxygen atoms in total. The smallest absolute Gasteiger partial charge is 0.448 e. The van der Waals surface area contributed by atoms with Crippen molar-refractivity contribution in [1.29, 1.82) is 0 Å². The van der Waals surface area contributed by atoms with E-state index >= 15 is 0 Å². The monoisotopic (exact) mass is 264 g/mol. The largest absolute Gasteiger partial charge is 0.486 e. The summed E-state index contributed by atoms with van der Waals surface area (Å²) in [4.78, 5) is 13.0. The first-order chi connectivity index (χ1) is 8.05. The summed E-state index contributed by atoms with van der Waals surface area (Å²) >= 11 is 0. The Balaban J connectivity index is 2.03. The number of carbonyl (C=O) groups is 1. The SMILES string of the molecule is CC(C)(C)OC(=O)N1CC[C@@H]2C[C@]2([B-](F)(F)F)C1. The van der Waals surface area contributed by atoms with Crippen LogP contribution >= 0.6 is 0 Å². The molecule has 1 aliphatic carbocycles. The van der Waals surface area contributed by atoms with E-state index in [2.05, 4.69) is 0 Å². The van der Waals surface area contributed by atoms with Crippen LogP contribution in [0.2, 0.25) is 5.31 Å². The van der Waals surface area contributed by atoms with E-state index in [0.717, 1.165) is 0 Å². The van der Waals surface area contributed by atoms with E-state index in [1.165, 1.54) is 4.90 Å². The molecule has 2 rings (SSSR count). The highest BCUT2D eigenvalue weighted by Gasteiger charge is 2.67. The molecular formula is C11H18BF3NO2-. The molecule has 18 heavy (non-hydrogen) atoms. The Morgan fingerprint density at radius 1 is 1.39 bits per heavy atom. The Labute approximate surface area is 105 Å². The molecule has 2 fully saturated rings. The van der Waals surface area contributed by atoms with Crippen molar-refractivity contribution in [1.82, 2.24) is 4.90 Å². The number of piperidine rings is 1. The fourth-order valence-corrected chi connectivity index (χ4v) is 2.72. The first-order valence-electron chi connectivity index (χ1n) is 6.22. The standard InChI is InChI=1S/C11H18BF3NO2/c1-10(2,3)18-9(17)16-5-4-8-6-11(8,7-16)12(13,14)15/h8H,4-7H2,1-3H3/q-1/t8-,11+/m1/s1. The molecule has 0 unspecified atom stereocenters. The number of likely N-dealkylation sites (tertiary alicyclic amines) is 1. The summed E-state index contributed by atoms with van der Waals surface area (Å²) in [7, 11) is 0. The molecule has 0 N–H and O–H groups in total. The maximum absolute atomic E-state index is 13.0. The lowest BCUT2D eigenvalue weighted by molar-refractivity contribution is 0.0202. The zero-order valence-corrected chi connectivity index (χ0v) is 10.9. The van der Waals surface area contributed by atoms with Crippen LogP contribution < -0.4 is 0 Å². The number of hydrogen-bond donors (Lipinski definition) is 0. The van der Waals surface area contributed by atoms with Gasteiger partial charge in [-0.05, 0) is 32.5 Å². The first kappa shape index (κ1) is 13.6.